The molecule has 0 amide bonds. The zero-order valence-electron chi connectivity index (χ0n) is 1.74. The second kappa shape index (κ2) is 36.1. The molecule has 38 valence electrons. The van der Waals surface area contributed by atoms with Gasteiger partial charge < -0.3 is 0 Å². The van der Waals surface area contributed by atoms with Crippen LogP contribution < -0.4 is 0 Å². The van der Waals surface area contributed by atoms with Gasteiger partial charge in [-0.2, -0.15) is 0 Å². The van der Waals surface area contributed by atoms with E-state index in [-0.39, 0.29) is 126 Å². The monoisotopic (exact) mass is 310 g/mol. The van der Waals surface area contributed by atoms with Gasteiger partial charge in [-0.3, -0.25) is 0 Å². The number of rotatable bonds is 0. The van der Waals surface area contributed by atoms with Crippen molar-refractivity contribution in [3.05, 3.63) is 0 Å². The van der Waals surface area contributed by atoms with Crippen molar-refractivity contribution in [2.24, 2.45) is 0 Å². The molecule has 0 bridgehead atoms. The van der Waals surface area contributed by atoms with Crippen molar-refractivity contribution in [2.75, 3.05) is 0 Å². The Morgan fingerprint density at radius 2 is 1.00 bits per heavy atom. The average molecular weight is 312 g/mol. The maximum absolute atomic E-state index is 0. The summed E-state index contributed by atoms with van der Waals surface area (Å²) in [4.78, 5) is 0. The van der Waals surface area contributed by atoms with Gasteiger partial charge in [-0.1, -0.05) is 0 Å². The first-order chi connectivity index (χ1) is 0. The van der Waals surface area contributed by atoms with Crippen molar-refractivity contribution < 1.29 is 70.7 Å². The molecule has 0 saturated heterocycles. The molecule has 0 N–H and O–H groups in total. The summed E-state index contributed by atoms with van der Waals surface area (Å²) in [6, 6.07) is 0. The van der Waals surface area contributed by atoms with E-state index in [9.17, 15) is 0 Å². The van der Waals surface area contributed by atoms with Gasteiger partial charge in [0.2, 0.25) is 0 Å². The Morgan fingerprint density at radius 1 is 1.00 bits per heavy atom. The average Bonchev–Trinajstić information content (AvgIpc) is 0. The predicted octanol–water partition coefficient (Wildman–Crippen LogP) is -2.11. The van der Waals surface area contributed by atoms with Gasteiger partial charge >= 0.3 is 37.7 Å². The van der Waals surface area contributed by atoms with Crippen LogP contribution in [0, 0.1) is 0 Å². The fraction of sp³-hybridized carbons (Fsp3) is 0. The van der Waals surface area contributed by atoms with Gasteiger partial charge in [-0.15, -0.1) is 0 Å². The summed E-state index contributed by atoms with van der Waals surface area (Å²) in [6.07, 6.45) is 0. The molecule has 0 atom stereocenters. The number of hydrogen-bond acceptors (Lipinski definition) is 0. The molecular weight excluding hydrogens is 307 g/mol. The summed E-state index contributed by atoms with van der Waals surface area (Å²) in [7, 11) is 0. The molecule has 0 aromatic carbocycles. The second-order valence-corrected chi connectivity index (χ2v) is 0. The molecule has 6 heavy (non-hydrogen) atoms. The van der Waals surface area contributed by atoms with Gasteiger partial charge in [0.1, 0.15) is 0 Å². The zero-order valence-corrected chi connectivity index (χ0v) is 7.93. The van der Waals surface area contributed by atoms with E-state index in [1.54, 1.807) is 0 Å². The normalized spacial score (nSPS) is 0. The van der Waals surface area contributed by atoms with Gasteiger partial charge in [-0.05, 0) is 0 Å². The van der Waals surface area contributed by atoms with Crippen molar-refractivity contribution in [1.29, 1.82) is 0 Å². The fourth-order valence-electron chi connectivity index (χ4n) is 0. The Bertz CT molecular complexity index is 15.5. The van der Waals surface area contributed by atoms with Gasteiger partial charge in [0.25, 0.3) is 0 Å². The maximum Gasteiger partial charge on any atom is 0 e. The van der Waals surface area contributed by atoms with Gasteiger partial charge in [-0.25, -0.2) is 0 Å². The minimum atomic E-state index is 0. The third-order valence-electron chi connectivity index (χ3n) is 0. The first-order valence-corrected chi connectivity index (χ1v) is 0. The van der Waals surface area contributed by atoms with Crippen molar-refractivity contribution in [1.82, 2.24) is 0 Å². The van der Waals surface area contributed by atoms with E-state index in [2.05, 4.69) is 0 Å². The maximum atomic E-state index is 0. The van der Waals surface area contributed by atoms with Crippen LogP contribution in [0.1, 0.15) is 0 Å². The molecule has 0 fully saturated rings. The molecule has 0 rings (SSSR count). The van der Waals surface area contributed by atoms with E-state index in [4.69, 9.17) is 0 Å². The Balaban J connectivity index is 0. The second-order valence-electron chi connectivity index (χ2n) is 0. The van der Waals surface area contributed by atoms with E-state index in [0.717, 1.165) is 0 Å². The van der Waals surface area contributed by atoms with Gasteiger partial charge in [0.15, 0.2) is 17.4 Å². The van der Waals surface area contributed by atoms with Crippen LogP contribution in [-0.4, -0.2) is 55.1 Å². The fourth-order valence-corrected chi connectivity index (χ4v) is 0. The molecular formula is H5AlCaCuFeMnZn. The predicted molar refractivity (Wildman–Crippen MR) is 18.5 cm³/mol. The van der Waals surface area contributed by atoms with E-state index < -0.39 is 0 Å². The van der Waals surface area contributed by atoms with Crippen molar-refractivity contribution in [2.45, 2.75) is 0 Å². The molecule has 0 aromatic heterocycles. The van der Waals surface area contributed by atoms with E-state index >= 15 is 0 Å². The van der Waals surface area contributed by atoms with Crippen LogP contribution in [0.5, 0.6) is 0 Å². The summed E-state index contributed by atoms with van der Waals surface area (Å²) in [5.74, 6) is 0. The third kappa shape index (κ3) is 24.6. The van der Waals surface area contributed by atoms with Crippen molar-refractivity contribution in [3.8, 4) is 0 Å². The molecule has 0 spiro atoms. The Morgan fingerprint density at radius 3 is 1.00 bits per heavy atom. The smallest absolute Gasteiger partial charge is 0 e. The molecule has 0 nitrogen and oxygen atoms in total. The molecule has 2 radical (unpaired) electrons. The Hall–Kier alpha value is 3.97. The van der Waals surface area contributed by atoms with E-state index in [1.165, 1.54) is 0 Å². The molecule has 0 aliphatic carbocycles. The first kappa shape index (κ1) is 50.9. The summed E-state index contributed by atoms with van der Waals surface area (Å²) >= 11 is 0. The minimum absolute atomic E-state index is 0. The van der Waals surface area contributed by atoms with Crippen LogP contribution in [0.4, 0.5) is 0 Å². The summed E-state index contributed by atoms with van der Waals surface area (Å²) in [5, 5.41) is 0. The van der Waals surface area contributed by atoms with Crippen LogP contribution in [-0.2, 0) is 70.7 Å². The molecule has 6 heteroatoms. The minimum Gasteiger partial charge on any atom is 0 e. The largest absolute Gasteiger partial charge is 0 e. The van der Waals surface area contributed by atoms with Gasteiger partial charge in [0, 0.05) is 70.7 Å². The van der Waals surface area contributed by atoms with E-state index in [0.29, 0.717) is 0 Å². The van der Waals surface area contributed by atoms with E-state index in [1.807, 2.05) is 0 Å². The summed E-state index contributed by atoms with van der Waals surface area (Å²) < 4.78 is 0. The summed E-state index contributed by atoms with van der Waals surface area (Å²) in [5.41, 5.74) is 0. The third-order valence-corrected chi connectivity index (χ3v) is 0. The summed E-state index contributed by atoms with van der Waals surface area (Å²) in [6.45, 7) is 0. The van der Waals surface area contributed by atoms with Crippen LogP contribution >= 0.6 is 0 Å². The van der Waals surface area contributed by atoms with Crippen molar-refractivity contribution in [3.63, 3.8) is 0 Å². The Labute approximate surface area is 123 Å². The van der Waals surface area contributed by atoms with Crippen LogP contribution in [0.25, 0.3) is 0 Å². The molecule has 0 saturated carbocycles. The topological polar surface area (TPSA) is 0 Å². The Kier molecular flexibility index (Phi) is 306. The quantitative estimate of drug-likeness (QED) is 0.449. The van der Waals surface area contributed by atoms with Crippen LogP contribution in [0.2, 0.25) is 0 Å². The molecule has 0 aliphatic rings. The molecule has 0 heterocycles. The number of hydrogen-bond donors (Lipinski definition) is 0. The standard InChI is InChI=1S/Al.Ca.Cu.Fe.Mn.Zn.5H. The molecule has 0 unspecified atom stereocenters. The van der Waals surface area contributed by atoms with Crippen molar-refractivity contribution >= 4 is 55.1 Å². The zero-order chi connectivity index (χ0) is 0. The van der Waals surface area contributed by atoms with Crippen LogP contribution in [0.15, 0.2) is 0 Å². The van der Waals surface area contributed by atoms with Crippen LogP contribution in [0.3, 0.4) is 0 Å². The molecule has 0 aliphatic heterocycles. The first-order valence-electron chi connectivity index (χ1n) is 0. The molecule has 0 aromatic rings. The van der Waals surface area contributed by atoms with Gasteiger partial charge in [0.05, 0.1) is 0 Å². The SMILES string of the molecule is [AlH3].[CaH2].[Cu].[Fe].[Mn].[Zn].